The molecule has 44 heavy (non-hydrogen) atoms. The molecule has 3 fully saturated rings. The first-order valence-electron chi connectivity index (χ1n) is 15.8. The number of rotatable bonds is 8. The van der Waals surface area contributed by atoms with Crippen LogP contribution in [0.15, 0.2) is 66.0 Å². The topological polar surface area (TPSA) is 104 Å². The van der Waals surface area contributed by atoms with Gasteiger partial charge in [0.1, 0.15) is 11.8 Å². The zero-order valence-corrected chi connectivity index (χ0v) is 26.1. The van der Waals surface area contributed by atoms with E-state index in [9.17, 15) is 14.4 Å². The first kappa shape index (κ1) is 31.8. The molecule has 2 amide bonds. The molecule has 3 aromatic rings. The van der Waals surface area contributed by atoms with Crippen molar-refractivity contribution in [3.63, 3.8) is 0 Å². The van der Waals surface area contributed by atoms with Crippen LogP contribution in [0.25, 0.3) is 11.3 Å². The largest absolute Gasteiger partial charge is 0.379 e. The minimum atomic E-state index is -0.962. The molecule has 2 aromatic carbocycles. The molecule has 0 unspecified atom stereocenters. The van der Waals surface area contributed by atoms with Gasteiger partial charge in [0.15, 0.2) is 5.13 Å². The van der Waals surface area contributed by atoms with E-state index in [0.717, 1.165) is 87.9 Å². The van der Waals surface area contributed by atoms with Crippen LogP contribution in [0, 0.1) is 0 Å². The van der Waals surface area contributed by atoms with Crippen molar-refractivity contribution in [2.24, 2.45) is 0 Å². The number of benzene rings is 2. The molecule has 0 radical (unpaired) electrons. The highest BCUT2D eigenvalue weighted by atomic mass is 32.1. The van der Waals surface area contributed by atoms with Gasteiger partial charge in [-0.1, -0.05) is 67.8 Å². The summed E-state index contributed by atoms with van der Waals surface area (Å²) in [7, 11) is 0. The Morgan fingerprint density at radius 2 is 1.57 bits per heavy atom. The van der Waals surface area contributed by atoms with Crippen LogP contribution in [0.1, 0.15) is 55.3 Å². The van der Waals surface area contributed by atoms with Crippen LogP contribution in [0.2, 0.25) is 0 Å². The lowest BCUT2D eigenvalue weighted by atomic mass is 9.80. The van der Waals surface area contributed by atoms with Crippen molar-refractivity contribution < 1.29 is 19.1 Å². The van der Waals surface area contributed by atoms with E-state index in [1.54, 1.807) is 23.5 Å². The Kier molecular flexibility index (Phi) is 11.5. The monoisotopic (exact) mass is 617 g/mol. The van der Waals surface area contributed by atoms with Crippen molar-refractivity contribution in [3.05, 3.63) is 71.6 Å². The summed E-state index contributed by atoms with van der Waals surface area (Å²) in [6, 6.07) is 20.0. The number of anilines is 1. The van der Waals surface area contributed by atoms with Gasteiger partial charge in [0.2, 0.25) is 5.91 Å². The summed E-state index contributed by atoms with van der Waals surface area (Å²) in [5.74, 6) is -0.555. The Morgan fingerprint density at radius 1 is 0.932 bits per heavy atom. The summed E-state index contributed by atoms with van der Waals surface area (Å²) in [5.41, 5.74) is 1.41. The van der Waals surface area contributed by atoms with Crippen molar-refractivity contribution in [2.75, 3.05) is 50.8 Å². The summed E-state index contributed by atoms with van der Waals surface area (Å²) >= 11 is 1.66. The molecule has 10 heteroatoms. The van der Waals surface area contributed by atoms with Crippen LogP contribution in [0.5, 0.6) is 0 Å². The zero-order chi connectivity index (χ0) is 30.6. The van der Waals surface area contributed by atoms with Crippen LogP contribution >= 0.6 is 11.3 Å². The Balaban J connectivity index is 0.000000573. The minimum Gasteiger partial charge on any atom is -0.379 e. The third-order valence-corrected chi connectivity index (χ3v) is 9.64. The molecular formula is C34H43N5O4S. The fourth-order valence-electron chi connectivity index (χ4n) is 6.24. The quantitative estimate of drug-likeness (QED) is 0.358. The second-order valence-corrected chi connectivity index (χ2v) is 12.4. The number of piperidine rings is 1. The number of carbonyl (C=O) groups is 3. The molecule has 1 saturated carbocycles. The van der Waals surface area contributed by atoms with Gasteiger partial charge in [0.05, 0.1) is 25.5 Å². The Labute approximate surface area is 264 Å². The molecule has 2 N–H and O–H groups in total. The highest BCUT2D eigenvalue weighted by molar-refractivity contribution is 7.14. The van der Waals surface area contributed by atoms with Crippen molar-refractivity contribution in [3.8, 4) is 11.3 Å². The summed E-state index contributed by atoms with van der Waals surface area (Å²) in [4.78, 5) is 46.5. The molecule has 3 aliphatic rings. The van der Waals surface area contributed by atoms with E-state index in [0.29, 0.717) is 30.7 Å². The number of hydrogen-bond acceptors (Lipinski definition) is 8. The highest BCUT2D eigenvalue weighted by Crippen LogP contribution is 2.31. The highest BCUT2D eigenvalue weighted by Gasteiger charge is 2.40. The average molecular weight is 618 g/mol. The van der Waals surface area contributed by atoms with Crippen molar-refractivity contribution in [1.29, 1.82) is 0 Å². The Hall–Kier alpha value is -3.60. The van der Waals surface area contributed by atoms with Gasteiger partial charge in [-0.05, 0) is 37.8 Å². The van der Waals surface area contributed by atoms with Gasteiger partial charge in [-0.15, -0.1) is 11.3 Å². The van der Waals surface area contributed by atoms with E-state index in [4.69, 9.17) is 9.72 Å². The fraction of sp³-hybridized carbons (Fsp3) is 0.471. The zero-order valence-electron chi connectivity index (χ0n) is 25.3. The molecule has 0 bridgehead atoms. The maximum atomic E-state index is 13.1. The lowest BCUT2D eigenvalue weighted by Crippen LogP contribution is -2.59. The summed E-state index contributed by atoms with van der Waals surface area (Å²) in [5, 5.41) is 8.75. The first-order valence-corrected chi connectivity index (χ1v) is 16.6. The number of carbonyl (C=O) groups excluding carboxylic acids is 3. The minimum absolute atomic E-state index is 0.0489. The van der Waals surface area contributed by atoms with Gasteiger partial charge in [0.25, 0.3) is 5.91 Å². The number of hydrogen-bond donors (Lipinski definition) is 2. The molecule has 6 rings (SSSR count). The molecule has 234 valence electrons. The van der Waals surface area contributed by atoms with Crippen LogP contribution in [-0.2, 0) is 14.3 Å². The average Bonchev–Trinajstić information content (AvgIpc) is 3.60. The van der Waals surface area contributed by atoms with Gasteiger partial charge < -0.3 is 25.1 Å². The number of aromatic nitrogens is 1. The van der Waals surface area contributed by atoms with E-state index in [1.807, 2.05) is 48.5 Å². The van der Waals surface area contributed by atoms with Crippen molar-refractivity contribution in [2.45, 2.75) is 56.5 Å². The fourth-order valence-corrected chi connectivity index (χ4v) is 7.13. The lowest BCUT2D eigenvalue weighted by Gasteiger charge is -2.40. The molecule has 2 saturated heterocycles. The molecule has 3 heterocycles. The molecule has 0 spiro atoms. The SMILES string of the molecule is O=CCNC(=O)C1(NC(=O)c2ccc(-c3csc(N4CCC(N5CCOCC5)CC4)n3)cc2)CCCCC1.c1ccccc1. The molecule has 0 atom stereocenters. The summed E-state index contributed by atoms with van der Waals surface area (Å²) in [6.07, 6.45) is 6.87. The van der Waals surface area contributed by atoms with E-state index >= 15 is 0 Å². The van der Waals surface area contributed by atoms with Gasteiger partial charge in [-0.3, -0.25) is 14.5 Å². The van der Waals surface area contributed by atoms with Crippen LogP contribution in [0.4, 0.5) is 5.13 Å². The summed E-state index contributed by atoms with van der Waals surface area (Å²) in [6.45, 7) is 5.73. The third-order valence-electron chi connectivity index (χ3n) is 8.74. The standard InChI is InChI=1S/C28H37N5O4S.C6H6/c34-17-12-29-26(36)28(10-2-1-3-11-28)31-25(35)22-6-4-21(5-7-22)24-20-38-27(30-24)33-13-8-23(9-14-33)32-15-18-37-19-16-32;1-2-4-6-5-3-1/h4-7,17,20,23H,1-3,8-16,18-19H2,(H,29,36)(H,31,35);1-6H. The molecule has 2 aliphatic heterocycles. The maximum Gasteiger partial charge on any atom is 0.252 e. The predicted octanol–water partition coefficient (Wildman–Crippen LogP) is 4.55. The number of nitrogens with zero attached hydrogens (tertiary/aromatic N) is 3. The van der Waals surface area contributed by atoms with Crippen molar-refractivity contribution >= 4 is 34.6 Å². The van der Waals surface area contributed by atoms with Gasteiger partial charge in [-0.25, -0.2) is 4.98 Å². The number of morpholine rings is 1. The van der Waals surface area contributed by atoms with Gasteiger partial charge in [-0.2, -0.15) is 0 Å². The van der Waals surface area contributed by atoms with E-state index < -0.39 is 5.54 Å². The summed E-state index contributed by atoms with van der Waals surface area (Å²) < 4.78 is 5.50. The predicted molar refractivity (Wildman–Crippen MR) is 174 cm³/mol. The normalized spacial score (nSPS) is 18.9. The van der Waals surface area contributed by atoms with Gasteiger partial charge in [0, 0.05) is 48.7 Å². The lowest BCUT2D eigenvalue weighted by molar-refractivity contribution is -0.129. The Morgan fingerprint density at radius 3 is 2.18 bits per heavy atom. The number of amides is 2. The second kappa shape index (κ2) is 15.9. The number of thiazole rings is 1. The van der Waals surface area contributed by atoms with Crippen LogP contribution in [-0.4, -0.2) is 85.5 Å². The maximum absolute atomic E-state index is 13.1. The molecular weight excluding hydrogens is 574 g/mol. The molecule has 9 nitrogen and oxygen atoms in total. The van der Waals surface area contributed by atoms with E-state index in [2.05, 4.69) is 25.8 Å². The second-order valence-electron chi connectivity index (χ2n) is 11.6. The third kappa shape index (κ3) is 8.31. The number of aldehydes is 1. The van der Waals surface area contributed by atoms with Gasteiger partial charge >= 0.3 is 0 Å². The number of nitrogens with one attached hydrogen (secondary N) is 2. The van der Waals surface area contributed by atoms with Crippen molar-refractivity contribution in [1.82, 2.24) is 20.5 Å². The molecule has 1 aromatic heterocycles. The molecule has 1 aliphatic carbocycles. The van der Waals surface area contributed by atoms with E-state index in [1.165, 1.54) is 0 Å². The van der Waals surface area contributed by atoms with E-state index in [-0.39, 0.29) is 18.4 Å². The van der Waals surface area contributed by atoms with Crippen LogP contribution in [0.3, 0.4) is 0 Å². The smallest absolute Gasteiger partial charge is 0.252 e. The Bertz CT molecular complexity index is 1300. The van der Waals surface area contributed by atoms with Crippen LogP contribution < -0.4 is 15.5 Å². The number of ether oxygens (including phenoxy) is 1. The first-order chi connectivity index (χ1) is 21.6.